The van der Waals surface area contributed by atoms with E-state index in [9.17, 15) is 9.59 Å². The van der Waals surface area contributed by atoms with Gasteiger partial charge < -0.3 is 9.47 Å². The molecule has 0 aromatic heterocycles. The predicted molar refractivity (Wildman–Crippen MR) is 86.0 cm³/mol. The first-order valence-corrected chi connectivity index (χ1v) is 6.78. The van der Waals surface area contributed by atoms with Crippen LogP contribution in [0.15, 0.2) is 48.5 Å². The van der Waals surface area contributed by atoms with E-state index in [1.807, 2.05) is 24.3 Å². The average Bonchev–Trinajstić information content (AvgIpc) is 2.55. The zero-order valence-corrected chi connectivity index (χ0v) is 13.3. The quantitative estimate of drug-likeness (QED) is 0.806. The summed E-state index contributed by atoms with van der Waals surface area (Å²) in [5.41, 5.74) is 1.28. The van der Waals surface area contributed by atoms with E-state index in [-0.39, 0.29) is 11.6 Å². The Morgan fingerprint density at radius 2 is 1.00 bits per heavy atom. The second-order valence-corrected chi connectivity index (χ2v) is 4.54. The van der Waals surface area contributed by atoms with Gasteiger partial charge in [0.25, 0.3) is 0 Å². The summed E-state index contributed by atoms with van der Waals surface area (Å²) in [5.74, 6) is 1.57. The molecule has 4 nitrogen and oxygen atoms in total. The topological polar surface area (TPSA) is 52.6 Å². The van der Waals surface area contributed by atoms with Crippen molar-refractivity contribution in [3.05, 3.63) is 59.7 Å². The van der Waals surface area contributed by atoms with Gasteiger partial charge in [0.05, 0.1) is 14.2 Å². The van der Waals surface area contributed by atoms with Gasteiger partial charge in [-0.3, -0.25) is 9.59 Å². The fraction of sp³-hybridized carbons (Fsp3) is 0.222. The molecule has 0 aliphatic heterocycles. The molecule has 0 bridgehead atoms. The van der Waals surface area contributed by atoms with Gasteiger partial charge in [-0.25, -0.2) is 0 Å². The number of rotatable bonds is 4. The van der Waals surface area contributed by atoms with E-state index in [4.69, 9.17) is 9.47 Å². The highest BCUT2D eigenvalue weighted by atomic mass is 16.5. The molecule has 0 saturated carbocycles. The summed E-state index contributed by atoms with van der Waals surface area (Å²) in [6.07, 6.45) is 0. The summed E-state index contributed by atoms with van der Waals surface area (Å²) >= 11 is 0. The number of hydrogen-bond donors (Lipinski definition) is 0. The monoisotopic (exact) mass is 300 g/mol. The van der Waals surface area contributed by atoms with Gasteiger partial charge in [0.2, 0.25) is 0 Å². The number of ketones is 2. The van der Waals surface area contributed by atoms with Crippen molar-refractivity contribution >= 4 is 11.6 Å². The molecule has 22 heavy (non-hydrogen) atoms. The third kappa shape index (κ3) is 5.05. The molecule has 0 saturated heterocycles. The standard InChI is InChI=1S/C10H10O2.C8H10O2/c1-7(11)9-3-5-10(6-4-9)8(2)12;1-9-7-5-3-4-6-8(7)10-2/h3-6H,1-2H3;3-6H,1-2H3. The van der Waals surface area contributed by atoms with Crippen molar-refractivity contribution in [1.82, 2.24) is 0 Å². The lowest BCUT2D eigenvalue weighted by molar-refractivity contribution is 0.100. The van der Waals surface area contributed by atoms with Crippen LogP contribution in [0.2, 0.25) is 0 Å². The van der Waals surface area contributed by atoms with Crippen LogP contribution in [0.25, 0.3) is 0 Å². The Hall–Kier alpha value is -2.62. The van der Waals surface area contributed by atoms with E-state index >= 15 is 0 Å². The van der Waals surface area contributed by atoms with Gasteiger partial charge in [0, 0.05) is 11.1 Å². The van der Waals surface area contributed by atoms with Gasteiger partial charge in [0.1, 0.15) is 0 Å². The Morgan fingerprint density at radius 1 is 0.682 bits per heavy atom. The van der Waals surface area contributed by atoms with Crippen molar-refractivity contribution in [3.8, 4) is 11.5 Å². The second-order valence-electron chi connectivity index (χ2n) is 4.54. The Labute approximate surface area is 130 Å². The highest BCUT2D eigenvalue weighted by molar-refractivity contribution is 5.97. The molecule has 0 amide bonds. The smallest absolute Gasteiger partial charge is 0.160 e. The van der Waals surface area contributed by atoms with Crippen LogP contribution in [0.3, 0.4) is 0 Å². The van der Waals surface area contributed by atoms with Crippen molar-refractivity contribution in [2.75, 3.05) is 14.2 Å². The number of hydrogen-bond acceptors (Lipinski definition) is 4. The third-order valence-corrected chi connectivity index (χ3v) is 2.99. The fourth-order valence-corrected chi connectivity index (χ4v) is 1.73. The maximum absolute atomic E-state index is 10.8. The van der Waals surface area contributed by atoms with Gasteiger partial charge in [-0.1, -0.05) is 36.4 Å². The van der Waals surface area contributed by atoms with Crippen LogP contribution < -0.4 is 9.47 Å². The fourth-order valence-electron chi connectivity index (χ4n) is 1.73. The maximum atomic E-state index is 10.8. The second kappa shape index (κ2) is 8.62. The summed E-state index contributed by atoms with van der Waals surface area (Å²) in [6.45, 7) is 3.01. The molecule has 0 atom stereocenters. The van der Waals surface area contributed by atoms with Crippen molar-refractivity contribution in [1.29, 1.82) is 0 Å². The number of Topliss-reactive ketones (excluding diaryl/α,β-unsaturated/α-hetero) is 2. The maximum Gasteiger partial charge on any atom is 0.160 e. The summed E-state index contributed by atoms with van der Waals surface area (Å²) < 4.78 is 10.0. The lowest BCUT2D eigenvalue weighted by Crippen LogP contribution is -1.95. The third-order valence-electron chi connectivity index (χ3n) is 2.99. The normalized spacial score (nSPS) is 9.27. The molecule has 2 aromatic carbocycles. The minimum atomic E-state index is 0.0186. The molecule has 2 aromatic rings. The lowest BCUT2D eigenvalue weighted by Gasteiger charge is -2.04. The Bertz CT molecular complexity index is 574. The summed E-state index contributed by atoms with van der Waals surface area (Å²) in [4.78, 5) is 21.7. The van der Waals surface area contributed by atoms with Gasteiger partial charge in [-0.15, -0.1) is 0 Å². The Morgan fingerprint density at radius 3 is 1.23 bits per heavy atom. The minimum absolute atomic E-state index is 0.0186. The van der Waals surface area contributed by atoms with Crippen molar-refractivity contribution in [2.45, 2.75) is 13.8 Å². The highest BCUT2D eigenvalue weighted by Gasteiger charge is 2.01. The lowest BCUT2D eigenvalue weighted by atomic mass is 10.1. The van der Waals surface area contributed by atoms with E-state index in [2.05, 4.69) is 0 Å². The van der Waals surface area contributed by atoms with Gasteiger partial charge in [0.15, 0.2) is 23.1 Å². The molecule has 0 unspecified atom stereocenters. The predicted octanol–water partition coefficient (Wildman–Crippen LogP) is 3.80. The number of ether oxygens (including phenoxy) is 2. The van der Waals surface area contributed by atoms with Crippen LogP contribution in [-0.4, -0.2) is 25.8 Å². The number of methoxy groups -OCH3 is 2. The molecule has 2 rings (SSSR count). The zero-order valence-electron chi connectivity index (χ0n) is 13.3. The molecule has 0 N–H and O–H groups in total. The van der Waals surface area contributed by atoms with E-state index in [0.29, 0.717) is 11.1 Å². The van der Waals surface area contributed by atoms with Gasteiger partial charge >= 0.3 is 0 Å². The van der Waals surface area contributed by atoms with Crippen LogP contribution >= 0.6 is 0 Å². The Balaban J connectivity index is 0.000000224. The Kier molecular flexibility index (Phi) is 6.83. The molecule has 116 valence electrons. The molecule has 0 fully saturated rings. The van der Waals surface area contributed by atoms with Crippen LogP contribution in [0.5, 0.6) is 11.5 Å². The van der Waals surface area contributed by atoms with Crippen molar-refractivity contribution in [3.63, 3.8) is 0 Å². The van der Waals surface area contributed by atoms with E-state index in [0.717, 1.165) is 11.5 Å². The van der Waals surface area contributed by atoms with E-state index in [1.54, 1.807) is 38.5 Å². The summed E-state index contributed by atoms with van der Waals surface area (Å²) in [6, 6.07) is 14.2. The summed E-state index contributed by atoms with van der Waals surface area (Å²) in [7, 11) is 3.25. The zero-order chi connectivity index (χ0) is 16.5. The molecular formula is C18H20O4. The molecule has 0 spiro atoms. The average molecular weight is 300 g/mol. The molecule has 0 aliphatic carbocycles. The molecule has 0 radical (unpaired) electrons. The number of carbonyl (C=O) groups is 2. The van der Waals surface area contributed by atoms with Gasteiger partial charge in [-0.05, 0) is 26.0 Å². The largest absolute Gasteiger partial charge is 0.493 e. The summed E-state index contributed by atoms with van der Waals surface area (Å²) in [5, 5.41) is 0. The first kappa shape index (κ1) is 17.4. The van der Waals surface area contributed by atoms with Crippen molar-refractivity contribution < 1.29 is 19.1 Å². The van der Waals surface area contributed by atoms with E-state index in [1.165, 1.54) is 13.8 Å². The van der Waals surface area contributed by atoms with Crippen LogP contribution in [0.4, 0.5) is 0 Å². The first-order valence-electron chi connectivity index (χ1n) is 6.78. The number of benzene rings is 2. The van der Waals surface area contributed by atoms with E-state index < -0.39 is 0 Å². The first-order chi connectivity index (χ1) is 10.5. The number of carbonyl (C=O) groups excluding carboxylic acids is 2. The highest BCUT2D eigenvalue weighted by Crippen LogP contribution is 2.24. The van der Waals surface area contributed by atoms with Crippen LogP contribution in [0, 0.1) is 0 Å². The molecule has 0 heterocycles. The SMILES string of the molecule is CC(=O)c1ccc(C(C)=O)cc1.COc1ccccc1OC. The molecular weight excluding hydrogens is 280 g/mol. The molecule has 4 heteroatoms. The van der Waals surface area contributed by atoms with Crippen LogP contribution in [0.1, 0.15) is 34.6 Å². The van der Waals surface area contributed by atoms with Gasteiger partial charge in [-0.2, -0.15) is 0 Å². The van der Waals surface area contributed by atoms with Crippen LogP contribution in [-0.2, 0) is 0 Å². The van der Waals surface area contributed by atoms with Crippen molar-refractivity contribution in [2.24, 2.45) is 0 Å². The molecule has 0 aliphatic rings. The minimum Gasteiger partial charge on any atom is -0.493 e. The number of para-hydroxylation sites is 2.